The van der Waals surface area contributed by atoms with Crippen molar-refractivity contribution in [2.45, 2.75) is 13.0 Å². The van der Waals surface area contributed by atoms with E-state index in [1.165, 1.54) is 0 Å². The molecular formula is C12H11Cl2NO. The van der Waals surface area contributed by atoms with E-state index in [2.05, 4.69) is 5.32 Å². The molecule has 1 aromatic rings. The molecule has 0 bridgehead atoms. The Kier molecular flexibility index (Phi) is 3.33. The number of Topliss-reactive ketones (excluding diaryl/α,β-unsaturated/α-hetero) is 1. The van der Waals surface area contributed by atoms with Crippen LogP contribution in [-0.4, -0.2) is 18.4 Å². The molecule has 16 heavy (non-hydrogen) atoms. The predicted molar refractivity (Wildman–Crippen MR) is 66.9 cm³/mol. The number of nitrogens with one attached hydrogen (secondary N) is 1. The molecule has 0 fully saturated rings. The van der Waals surface area contributed by atoms with E-state index >= 15 is 0 Å². The Morgan fingerprint density at radius 2 is 2.12 bits per heavy atom. The first kappa shape index (κ1) is 11.6. The van der Waals surface area contributed by atoms with Crippen molar-refractivity contribution in [1.82, 2.24) is 5.32 Å². The second kappa shape index (κ2) is 4.58. The fourth-order valence-electron chi connectivity index (χ4n) is 1.71. The fraction of sp³-hybridized carbons (Fsp3) is 0.250. The Bertz CT molecular complexity index is 468. The molecule has 1 unspecified atom stereocenters. The molecule has 2 rings (SSSR count). The third-order valence-electron chi connectivity index (χ3n) is 2.61. The summed E-state index contributed by atoms with van der Waals surface area (Å²) in [5.74, 6) is 0.0653. The lowest BCUT2D eigenvalue weighted by atomic mass is 9.95. The standard InChI is InChI=1S/C12H11Cl2NO/c1-7-12(16)10(4-5-15-7)9-3-2-8(13)6-11(9)14/h2-4,6-7,15H,5H2,1H3. The Morgan fingerprint density at radius 3 is 2.81 bits per heavy atom. The molecule has 0 radical (unpaired) electrons. The summed E-state index contributed by atoms with van der Waals surface area (Å²) in [6, 6.07) is 5.02. The molecule has 2 nitrogen and oxygen atoms in total. The van der Waals surface area contributed by atoms with E-state index < -0.39 is 0 Å². The van der Waals surface area contributed by atoms with Crippen LogP contribution in [0.4, 0.5) is 0 Å². The van der Waals surface area contributed by atoms with E-state index in [0.29, 0.717) is 22.2 Å². The summed E-state index contributed by atoms with van der Waals surface area (Å²) in [5.41, 5.74) is 1.43. The van der Waals surface area contributed by atoms with Crippen LogP contribution < -0.4 is 5.32 Å². The highest BCUT2D eigenvalue weighted by Crippen LogP contribution is 2.29. The molecule has 0 amide bonds. The maximum Gasteiger partial charge on any atom is 0.179 e. The molecule has 0 saturated carbocycles. The maximum absolute atomic E-state index is 11.9. The van der Waals surface area contributed by atoms with Gasteiger partial charge in [-0.2, -0.15) is 0 Å². The quantitative estimate of drug-likeness (QED) is 0.836. The van der Waals surface area contributed by atoms with Crippen molar-refractivity contribution in [2.75, 3.05) is 6.54 Å². The average molecular weight is 256 g/mol. The van der Waals surface area contributed by atoms with Gasteiger partial charge in [0.15, 0.2) is 5.78 Å². The van der Waals surface area contributed by atoms with Gasteiger partial charge in [0, 0.05) is 27.7 Å². The number of ketones is 1. The van der Waals surface area contributed by atoms with Crippen LogP contribution in [0.2, 0.25) is 10.0 Å². The molecule has 1 aromatic carbocycles. The molecular weight excluding hydrogens is 245 g/mol. The molecule has 0 saturated heterocycles. The Hall–Kier alpha value is -0.830. The average Bonchev–Trinajstić information content (AvgIpc) is 2.23. The number of carbonyl (C=O) groups is 1. The molecule has 4 heteroatoms. The zero-order valence-electron chi connectivity index (χ0n) is 8.76. The van der Waals surface area contributed by atoms with Crippen LogP contribution in [0.3, 0.4) is 0 Å². The third-order valence-corrected chi connectivity index (χ3v) is 3.16. The van der Waals surface area contributed by atoms with Crippen LogP contribution in [0, 0.1) is 0 Å². The molecule has 0 spiro atoms. The molecule has 1 atom stereocenters. The fourth-order valence-corrected chi connectivity index (χ4v) is 2.23. The lowest BCUT2D eigenvalue weighted by Gasteiger charge is -2.20. The summed E-state index contributed by atoms with van der Waals surface area (Å²) in [7, 11) is 0. The lowest BCUT2D eigenvalue weighted by molar-refractivity contribution is -0.115. The van der Waals surface area contributed by atoms with Crippen LogP contribution in [-0.2, 0) is 4.79 Å². The Balaban J connectivity index is 2.44. The highest BCUT2D eigenvalue weighted by molar-refractivity contribution is 6.37. The molecule has 84 valence electrons. The number of halogens is 2. The summed E-state index contributed by atoms with van der Waals surface area (Å²) in [6.07, 6.45) is 1.86. The van der Waals surface area contributed by atoms with Gasteiger partial charge in [0.25, 0.3) is 0 Å². The first-order chi connectivity index (χ1) is 7.59. The van der Waals surface area contributed by atoms with Crippen molar-refractivity contribution in [3.05, 3.63) is 39.9 Å². The largest absolute Gasteiger partial charge is 0.304 e. The molecule has 0 aromatic heterocycles. The monoisotopic (exact) mass is 255 g/mol. The van der Waals surface area contributed by atoms with E-state index in [-0.39, 0.29) is 11.8 Å². The summed E-state index contributed by atoms with van der Waals surface area (Å²) in [5, 5.41) is 4.16. The highest BCUT2D eigenvalue weighted by atomic mass is 35.5. The van der Waals surface area contributed by atoms with E-state index in [9.17, 15) is 4.79 Å². The van der Waals surface area contributed by atoms with Crippen LogP contribution in [0.15, 0.2) is 24.3 Å². The van der Waals surface area contributed by atoms with Gasteiger partial charge in [0.1, 0.15) is 0 Å². The van der Waals surface area contributed by atoms with Crippen molar-refractivity contribution in [3.63, 3.8) is 0 Å². The van der Waals surface area contributed by atoms with E-state index in [0.717, 1.165) is 5.56 Å². The van der Waals surface area contributed by atoms with Crippen molar-refractivity contribution in [3.8, 4) is 0 Å². The van der Waals surface area contributed by atoms with Gasteiger partial charge in [-0.15, -0.1) is 0 Å². The van der Waals surface area contributed by atoms with Gasteiger partial charge < -0.3 is 5.32 Å². The smallest absolute Gasteiger partial charge is 0.179 e. The van der Waals surface area contributed by atoms with E-state index in [1.807, 2.05) is 13.0 Å². The van der Waals surface area contributed by atoms with Crippen LogP contribution in [0.1, 0.15) is 12.5 Å². The van der Waals surface area contributed by atoms with Gasteiger partial charge in [-0.25, -0.2) is 0 Å². The Morgan fingerprint density at radius 1 is 1.38 bits per heavy atom. The second-order valence-electron chi connectivity index (χ2n) is 3.74. The van der Waals surface area contributed by atoms with E-state index in [1.54, 1.807) is 18.2 Å². The zero-order valence-corrected chi connectivity index (χ0v) is 10.3. The molecule has 1 aliphatic heterocycles. The minimum Gasteiger partial charge on any atom is -0.304 e. The molecule has 1 heterocycles. The molecule has 1 N–H and O–H groups in total. The van der Waals surface area contributed by atoms with E-state index in [4.69, 9.17) is 23.2 Å². The summed E-state index contributed by atoms with van der Waals surface area (Å²) in [6.45, 7) is 2.53. The molecule has 1 aliphatic rings. The normalized spacial score (nSPS) is 20.8. The minimum atomic E-state index is -0.160. The topological polar surface area (TPSA) is 29.1 Å². The lowest BCUT2D eigenvalue weighted by Crippen LogP contribution is -2.38. The zero-order chi connectivity index (χ0) is 11.7. The third kappa shape index (κ3) is 2.14. The van der Waals surface area contributed by atoms with Crippen LogP contribution in [0.5, 0.6) is 0 Å². The SMILES string of the molecule is CC1NCC=C(c2ccc(Cl)cc2Cl)C1=O. The number of hydrogen-bond acceptors (Lipinski definition) is 2. The van der Waals surface area contributed by atoms with Crippen molar-refractivity contribution < 1.29 is 4.79 Å². The summed E-state index contributed by atoms with van der Waals surface area (Å²) >= 11 is 11.9. The first-order valence-electron chi connectivity index (χ1n) is 5.03. The Labute approximate surface area is 104 Å². The van der Waals surface area contributed by atoms with Gasteiger partial charge >= 0.3 is 0 Å². The van der Waals surface area contributed by atoms with Crippen LogP contribution >= 0.6 is 23.2 Å². The number of benzene rings is 1. The predicted octanol–water partition coefficient (Wildman–Crippen LogP) is 2.94. The maximum atomic E-state index is 11.9. The first-order valence-corrected chi connectivity index (χ1v) is 5.78. The highest BCUT2D eigenvalue weighted by Gasteiger charge is 2.23. The summed E-state index contributed by atoms with van der Waals surface area (Å²) < 4.78 is 0. The minimum absolute atomic E-state index is 0.0653. The van der Waals surface area contributed by atoms with Crippen molar-refractivity contribution in [2.24, 2.45) is 0 Å². The van der Waals surface area contributed by atoms with Gasteiger partial charge in [0.05, 0.1) is 6.04 Å². The van der Waals surface area contributed by atoms with Gasteiger partial charge in [0.2, 0.25) is 0 Å². The molecule has 0 aliphatic carbocycles. The number of carbonyl (C=O) groups excluding carboxylic acids is 1. The van der Waals surface area contributed by atoms with Crippen LogP contribution in [0.25, 0.3) is 5.57 Å². The van der Waals surface area contributed by atoms with Gasteiger partial charge in [-0.1, -0.05) is 35.3 Å². The van der Waals surface area contributed by atoms with Crippen molar-refractivity contribution in [1.29, 1.82) is 0 Å². The van der Waals surface area contributed by atoms with Crippen molar-refractivity contribution >= 4 is 34.6 Å². The summed E-state index contributed by atoms with van der Waals surface area (Å²) in [4.78, 5) is 11.9. The van der Waals surface area contributed by atoms with Gasteiger partial charge in [-0.3, -0.25) is 4.79 Å². The van der Waals surface area contributed by atoms with Gasteiger partial charge in [-0.05, 0) is 19.1 Å². The second-order valence-corrected chi connectivity index (χ2v) is 4.58. The number of hydrogen-bond donors (Lipinski definition) is 1. The number of rotatable bonds is 1.